The third kappa shape index (κ3) is 5.32. The summed E-state index contributed by atoms with van der Waals surface area (Å²) in [5.41, 5.74) is 3.11. The van der Waals surface area contributed by atoms with Gasteiger partial charge >= 0.3 is 6.09 Å². The molecule has 0 bridgehead atoms. The van der Waals surface area contributed by atoms with Crippen LogP contribution in [0.1, 0.15) is 77.5 Å². The highest BCUT2D eigenvalue weighted by Gasteiger charge is 2.36. The third-order valence-electron chi connectivity index (χ3n) is 7.23. The van der Waals surface area contributed by atoms with Gasteiger partial charge in [0.1, 0.15) is 11.8 Å². The minimum absolute atomic E-state index is 0.00161. The lowest BCUT2D eigenvalue weighted by molar-refractivity contribution is 0.0545. The number of rotatable bonds is 6. The quantitative estimate of drug-likeness (QED) is 0.347. The summed E-state index contributed by atoms with van der Waals surface area (Å²) in [5.74, 6) is 0.800. The Morgan fingerprint density at radius 3 is 2.55 bits per heavy atom. The van der Waals surface area contributed by atoms with Gasteiger partial charge in [-0.05, 0) is 66.4 Å². The first-order valence-electron chi connectivity index (χ1n) is 13.5. The van der Waals surface area contributed by atoms with Gasteiger partial charge in [-0.25, -0.2) is 19.4 Å². The van der Waals surface area contributed by atoms with Crippen LogP contribution in [0.3, 0.4) is 0 Å². The lowest BCUT2D eigenvalue weighted by Crippen LogP contribution is -2.52. The molecule has 2 N–H and O–H groups in total. The first-order valence-corrected chi connectivity index (χ1v) is 13.5. The fourth-order valence-corrected chi connectivity index (χ4v) is 5.51. The monoisotopic (exact) mass is 542 g/mol. The normalized spacial score (nSPS) is 17.6. The molecular weight excluding hydrogens is 508 g/mol. The van der Waals surface area contributed by atoms with Crippen LogP contribution in [0, 0.1) is 11.3 Å². The summed E-state index contributed by atoms with van der Waals surface area (Å²) in [6.45, 7) is 9.94. The number of amides is 1. The molecule has 0 unspecified atom stereocenters. The van der Waals surface area contributed by atoms with Gasteiger partial charge in [-0.1, -0.05) is 5.21 Å². The van der Waals surface area contributed by atoms with Crippen molar-refractivity contribution in [2.75, 3.05) is 5.32 Å². The number of aromatic nitrogens is 7. The first kappa shape index (κ1) is 27.1. The molecule has 1 amide bonds. The minimum atomic E-state index is -0.867. The number of nitriles is 1. The predicted molar refractivity (Wildman–Crippen MR) is 150 cm³/mol. The van der Waals surface area contributed by atoms with E-state index in [4.69, 9.17) is 0 Å². The highest BCUT2D eigenvalue weighted by Crippen LogP contribution is 2.36. The maximum absolute atomic E-state index is 11.9. The van der Waals surface area contributed by atoms with Crippen molar-refractivity contribution in [2.24, 2.45) is 0 Å². The van der Waals surface area contributed by atoms with Crippen LogP contribution in [-0.4, -0.2) is 68.5 Å². The molecule has 12 nitrogen and oxygen atoms in total. The van der Waals surface area contributed by atoms with Crippen LogP contribution < -0.4 is 5.32 Å². The Morgan fingerprint density at radius 2 is 1.90 bits per heavy atom. The number of pyridine rings is 2. The standard InChI is InChI=1S/C28H34N10O2/c1-17(2)33-22-11-25(38-26-20(14-32-38)10-18(12-29)13-31-26)30-15-24(22)36-16-23(34-35-36)19-6-8-21(9-7-19)37(27(39)40)28(3,4)5/h10-11,13-17,19,21H,6-9H2,1-5H3,(H,30,33)(H,39,40). The second kappa shape index (κ2) is 10.6. The Bertz CT molecular complexity index is 1570. The van der Waals surface area contributed by atoms with E-state index in [1.54, 1.807) is 32.7 Å². The van der Waals surface area contributed by atoms with E-state index in [1.165, 1.54) is 6.20 Å². The Hall–Kier alpha value is -4.53. The van der Waals surface area contributed by atoms with E-state index < -0.39 is 11.6 Å². The molecule has 0 saturated heterocycles. The molecule has 0 spiro atoms. The number of nitrogens with one attached hydrogen (secondary N) is 1. The highest BCUT2D eigenvalue weighted by molar-refractivity contribution is 5.77. The number of anilines is 1. The van der Waals surface area contributed by atoms with Gasteiger partial charge in [-0.15, -0.1) is 5.10 Å². The molecular formula is C28H34N10O2. The van der Waals surface area contributed by atoms with Gasteiger partial charge in [0.25, 0.3) is 0 Å². The lowest BCUT2D eigenvalue weighted by atomic mass is 9.82. The molecule has 1 aliphatic rings. The average Bonchev–Trinajstić information content (AvgIpc) is 3.55. The largest absolute Gasteiger partial charge is 0.465 e. The van der Waals surface area contributed by atoms with Gasteiger partial charge in [-0.3, -0.25) is 0 Å². The molecule has 4 aromatic rings. The summed E-state index contributed by atoms with van der Waals surface area (Å²) in [6.07, 6.45) is 9.29. The van der Waals surface area contributed by atoms with Gasteiger partial charge in [0.05, 0.1) is 35.5 Å². The fourth-order valence-electron chi connectivity index (χ4n) is 5.51. The van der Waals surface area contributed by atoms with E-state index in [0.29, 0.717) is 17.0 Å². The lowest BCUT2D eigenvalue weighted by Gasteiger charge is -2.42. The molecule has 0 aromatic carbocycles. The Balaban J connectivity index is 1.39. The van der Waals surface area contributed by atoms with E-state index in [9.17, 15) is 15.2 Å². The van der Waals surface area contributed by atoms with E-state index in [2.05, 4.69) is 50.6 Å². The molecule has 0 aliphatic heterocycles. The van der Waals surface area contributed by atoms with Crippen LogP contribution in [0.25, 0.3) is 22.5 Å². The molecule has 208 valence electrons. The summed E-state index contributed by atoms with van der Waals surface area (Å²) >= 11 is 0. The second-order valence-corrected chi connectivity index (χ2v) is 11.6. The smallest absolute Gasteiger partial charge is 0.407 e. The summed E-state index contributed by atoms with van der Waals surface area (Å²) in [7, 11) is 0. The van der Waals surface area contributed by atoms with Crippen LogP contribution in [0.5, 0.6) is 0 Å². The van der Waals surface area contributed by atoms with Crippen LogP contribution in [0.4, 0.5) is 10.5 Å². The van der Waals surface area contributed by atoms with Crippen molar-refractivity contribution in [3.63, 3.8) is 0 Å². The van der Waals surface area contributed by atoms with Crippen molar-refractivity contribution in [1.82, 2.24) is 39.6 Å². The van der Waals surface area contributed by atoms with Gasteiger partial charge in [0.2, 0.25) is 0 Å². The molecule has 0 radical (unpaired) electrons. The zero-order valence-corrected chi connectivity index (χ0v) is 23.4. The first-order chi connectivity index (χ1) is 19.0. The van der Waals surface area contributed by atoms with Crippen LogP contribution in [0.15, 0.2) is 36.9 Å². The fraction of sp³-hybridized carbons (Fsp3) is 0.464. The van der Waals surface area contributed by atoms with Crippen LogP contribution in [-0.2, 0) is 0 Å². The van der Waals surface area contributed by atoms with Crippen LogP contribution >= 0.6 is 0 Å². The number of hydrogen-bond donors (Lipinski definition) is 2. The molecule has 5 rings (SSSR count). The SMILES string of the molecule is CC(C)Nc1cc(-n2ncc3cc(C#N)cnc32)ncc1-n1cc(C2CCC(N(C(=O)O)C(C)(C)C)CC2)nn1. The molecule has 12 heteroatoms. The third-order valence-corrected chi connectivity index (χ3v) is 7.23. The molecule has 1 saturated carbocycles. The molecule has 0 atom stereocenters. The Labute approximate surface area is 232 Å². The number of hydrogen-bond acceptors (Lipinski definition) is 8. The summed E-state index contributed by atoms with van der Waals surface area (Å²) < 4.78 is 3.38. The van der Waals surface area contributed by atoms with Crippen molar-refractivity contribution in [3.05, 3.63) is 48.2 Å². The number of carbonyl (C=O) groups is 1. The molecule has 1 fully saturated rings. The number of fused-ring (bicyclic) bond motifs is 1. The Kier molecular flexibility index (Phi) is 7.14. The van der Waals surface area contributed by atoms with Crippen molar-refractivity contribution in [1.29, 1.82) is 5.26 Å². The number of carboxylic acid groups (broad SMARTS) is 1. The van der Waals surface area contributed by atoms with Gasteiger partial charge in [0, 0.05) is 41.2 Å². The summed E-state index contributed by atoms with van der Waals surface area (Å²) in [4.78, 5) is 22.6. The molecule has 40 heavy (non-hydrogen) atoms. The molecule has 1 aliphatic carbocycles. The summed E-state index contributed by atoms with van der Waals surface area (Å²) in [6, 6.07) is 5.91. The highest BCUT2D eigenvalue weighted by atomic mass is 16.4. The van der Waals surface area contributed by atoms with E-state index in [0.717, 1.165) is 48.1 Å². The topological polar surface area (TPSA) is 151 Å². The van der Waals surface area contributed by atoms with Gasteiger partial charge in [0.15, 0.2) is 11.5 Å². The Morgan fingerprint density at radius 1 is 1.15 bits per heavy atom. The molecule has 4 aromatic heterocycles. The van der Waals surface area contributed by atoms with Crippen molar-refractivity contribution in [2.45, 2.75) is 83.8 Å². The number of nitrogens with zero attached hydrogens (tertiary/aromatic N) is 9. The average molecular weight is 543 g/mol. The maximum atomic E-state index is 11.9. The van der Waals surface area contributed by atoms with Crippen molar-refractivity contribution in [3.8, 4) is 17.6 Å². The van der Waals surface area contributed by atoms with E-state index in [-0.39, 0.29) is 18.0 Å². The van der Waals surface area contributed by atoms with E-state index in [1.807, 2.05) is 33.0 Å². The predicted octanol–water partition coefficient (Wildman–Crippen LogP) is 4.89. The molecule has 4 heterocycles. The summed E-state index contributed by atoms with van der Waals surface area (Å²) in [5, 5.41) is 36.6. The van der Waals surface area contributed by atoms with Crippen molar-refractivity contribution < 1.29 is 9.90 Å². The van der Waals surface area contributed by atoms with Crippen LogP contribution in [0.2, 0.25) is 0 Å². The minimum Gasteiger partial charge on any atom is -0.465 e. The van der Waals surface area contributed by atoms with Crippen molar-refractivity contribution >= 4 is 22.8 Å². The zero-order chi connectivity index (χ0) is 28.6. The maximum Gasteiger partial charge on any atom is 0.407 e. The van der Waals surface area contributed by atoms with Gasteiger partial charge < -0.3 is 15.3 Å². The van der Waals surface area contributed by atoms with Gasteiger partial charge in [-0.2, -0.15) is 15.0 Å². The second-order valence-electron chi connectivity index (χ2n) is 11.6. The zero-order valence-electron chi connectivity index (χ0n) is 23.4. The van der Waals surface area contributed by atoms with E-state index >= 15 is 0 Å².